The maximum atomic E-state index is 5.74. The van der Waals surface area contributed by atoms with Crippen molar-refractivity contribution in [2.45, 2.75) is 45.8 Å². The van der Waals surface area contributed by atoms with Crippen molar-refractivity contribution in [2.75, 3.05) is 40.9 Å². The first-order chi connectivity index (χ1) is 12.5. The Morgan fingerprint density at radius 2 is 1.92 bits per heavy atom. The number of nitrogens with one attached hydrogen (secondary N) is 1. The van der Waals surface area contributed by atoms with Gasteiger partial charge in [-0.3, -0.25) is 9.89 Å². The summed E-state index contributed by atoms with van der Waals surface area (Å²) < 4.78 is 5.74. The van der Waals surface area contributed by atoms with Crippen molar-refractivity contribution in [3.63, 3.8) is 0 Å². The molecule has 0 atom stereocenters. The van der Waals surface area contributed by atoms with E-state index < -0.39 is 0 Å². The van der Waals surface area contributed by atoms with Gasteiger partial charge in [-0.25, -0.2) is 0 Å². The molecule has 0 aliphatic heterocycles. The molecule has 5 heteroatoms. The molecule has 0 saturated heterocycles. The van der Waals surface area contributed by atoms with E-state index in [9.17, 15) is 0 Å². The molecule has 1 aliphatic rings. The second-order valence-corrected chi connectivity index (χ2v) is 7.62. The average molecular weight is 361 g/mol. The van der Waals surface area contributed by atoms with E-state index >= 15 is 0 Å². The van der Waals surface area contributed by atoms with Crippen molar-refractivity contribution in [3.05, 3.63) is 35.4 Å². The SMILES string of the molecule is CN=C(NCc1ccccc1CN(C)C(C)C)N(C)CCOCC1CC1. The zero-order chi connectivity index (χ0) is 18.9. The van der Waals surface area contributed by atoms with E-state index in [0.717, 1.165) is 44.7 Å². The maximum absolute atomic E-state index is 5.74. The Kier molecular flexibility index (Phi) is 8.39. The first-order valence-corrected chi connectivity index (χ1v) is 9.77. The Bertz CT molecular complexity index is 569. The molecule has 0 unspecified atom stereocenters. The van der Waals surface area contributed by atoms with Gasteiger partial charge in [-0.1, -0.05) is 24.3 Å². The molecule has 2 rings (SSSR count). The summed E-state index contributed by atoms with van der Waals surface area (Å²) in [7, 11) is 6.07. The first-order valence-electron chi connectivity index (χ1n) is 9.77. The van der Waals surface area contributed by atoms with Crippen LogP contribution in [0.4, 0.5) is 0 Å². The van der Waals surface area contributed by atoms with Gasteiger partial charge in [0, 0.05) is 46.4 Å². The largest absolute Gasteiger partial charge is 0.379 e. The minimum atomic E-state index is 0.533. The zero-order valence-corrected chi connectivity index (χ0v) is 17.2. The molecule has 0 aromatic heterocycles. The van der Waals surface area contributed by atoms with Crippen LogP contribution < -0.4 is 5.32 Å². The fourth-order valence-corrected chi connectivity index (χ4v) is 2.74. The van der Waals surface area contributed by atoms with Crippen LogP contribution in [0.1, 0.15) is 37.8 Å². The van der Waals surface area contributed by atoms with Crippen molar-refractivity contribution in [2.24, 2.45) is 10.9 Å². The van der Waals surface area contributed by atoms with E-state index in [1.54, 1.807) is 0 Å². The maximum Gasteiger partial charge on any atom is 0.193 e. The molecule has 26 heavy (non-hydrogen) atoms. The molecule has 146 valence electrons. The molecule has 0 heterocycles. The topological polar surface area (TPSA) is 40.1 Å². The van der Waals surface area contributed by atoms with Crippen molar-refractivity contribution in [1.82, 2.24) is 15.1 Å². The summed E-state index contributed by atoms with van der Waals surface area (Å²) >= 11 is 0. The van der Waals surface area contributed by atoms with Gasteiger partial charge in [0.05, 0.1) is 6.61 Å². The molecular formula is C21H36N4O. The highest BCUT2D eigenvalue weighted by Gasteiger charge is 2.21. The summed E-state index contributed by atoms with van der Waals surface area (Å²) in [5.41, 5.74) is 2.68. The van der Waals surface area contributed by atoms with E-state index in [0.29, 0.717) is 6.04 Å². The van der Waals surface area contributed by atoms with Gasteiger partial charge >= 0.3 is 0 Å². The predicted molar refractivity (Wildman–Crippen MR) is 109 cm³/mol. The smallest absolute Gasteiger partial charge is 0.193 e. The van der Waals surface area contributed by atoms with Gasteiger partial charge in [0.25, 0.3) is 0 Å². The predicted octanol–water partition coefficient (Wildman–Crippen LogP) is 2.96. The van der Waals surface area contributed by atoms with Crippen LogP contribution in [0.25, 0.3) is 0 Å². The molecule has 1 aromatic rings. The standard InChI is InChI=1S/C21H36N4O/c1-17(2)25(5)15-20-9-7-6-8-19(20)14-23-21(22-3)24(4)12-13-26-16-18-10-11-18/h6-9,17-18H,10-16H2,1-5H3,(H,22,23). The molecule has 0 bridgehead atoms. The van der Waals surface area contributed by atoms with Crippen molar-refractivity contribution in [1.29, 1.82) is 0 Å². The number of nitrogens with zero attached hydrogens (tertiary/aromatic N) is 3. The summed E-state index contributed by atoms with van der Waals surface area (Å²) in [6.45, 7) is 8.71. The lowest BCUT2D eigenvalue weighted by Gasteiger charge is -2.24. The number of hydrogen-bond acceptors (Lipinski definition) is 3. The number of rotatable bonds is 10. The van der Waals surface area contributed by atoms with Crippen LogP contribution in [0.5, 0.6) is 0 Å². The van der Waals surface area contributed by atoms with Crippen LogP contribution in [0.2, 0.25) is 0 Å². The highest BCUT2D eigenvalue weighted by molar-refractivity contribution is 5.79. The quantitative estimate of drug-likeness (QED) is 0.396. The minimum Gasteiger partial charge on any atom is -0.379 e. The Labute approximate surface area is 159 Å². The van der Waals surface area contributed by atoms with E-state index in [1.165, 1.54) is 24.0 Å². The van der Waals surface area contributed by atoms with Gasteiger partial charge in [-0.15, -0.1) is 0 Å². The summed E-state index contributed by atoms with van der Waals surface area (Å²) in [6.07, 6.45) is 2.68. The molecule has 1 aromatic carbocycles. The zero-order valence-electron chi connectivity index (χ0n) is 17.2. The van der Waals surface area contributed by atoms with Crippen LogP contribution in [-0.4, -0.2) is 62.7 Å². The van der Waals surface area contributed by atoms with Crippen molar-refractivity contribution in [3.8, 4) is 0 Å². The third-order valence-electron chi connectivity index (χ3n) is 5.05. The van der Waals surface area contributed by atoms with E-state index in [-0.39, 0.29) is 0 Å². The Morgan fingerprint density at radius 3 is 2.54 bits per heavy atom. The van der Waals surface area contributed by atoms with Crippen LogP contribution in [0.3, 0.4) is 0 Å². The van der Waals surface area contributed by atoms with Crippen LogP contribution in [0.15, 0.2) is 29.3 Å². The molecule has 0 radical (unpaired) electrons. The molecule has 5 nitrogen and oxygen atoms in total. The number of guanidine groups is 1. The van der Waals surface area contributed by atoms with Crippen molar-refractivity contribution < 1.29 is 4.74 Å². The number of likely N-dealkylation sites (N-methyl/N-ethyl adjacent to an activating group) is 1. The molecule has 1 N–H and O–H groups in total. The van der Waals surface area contributed by atoms with E-state index in [4.69, 9.17) is 4.74 Å². The molecule has 1 saturated carbocycles. The van der Waals surface area contributed by atoms with Crippen LogP contribution in [-0.2, 0) is 17.8 Å². The Morgan fingerprint density at radius 1 is 1.23 bits per heavy atom. The molecular weight excluding hydrogens is 324 g/mol. The van der Waals surface area contributed by atoms with Gasteiger partial charge in [0.2, 0.25) is 0 Å². The molecule has 1 aliphatic carbocycles. The van der Waals surface area contributed by atoms with Gasteiger partial charge in [0.1, 0.15) is 0 Å². The molecule has 0 spiro atoms. The van der Waals surface area contributed by atoms with Gasteiger partial charge in [0.15, 0.2) is 5.96 Å². The Hall–Kier alpha value is -1.59. The summed E-state index contributed by atoms with van der Waals surface area (Å²) in [6, 6.07) is 9.17. The number of hydrogen-bond donors (Lipinski definition) is 1. The van der Waals surface area contributed by atoms with Gasteiger partial charge in [-0.2, -0.15) is 0 Å². The number of aliphatic imine (C=N–C) groups is 1. The second-order valence-electron chi connectivity index (χ2n) is 7.62. The minimum absolute atomic E-state index is 0.533. The number of benzene rings is 1. The number of ether oxygens (including phenoxy) is 1. The lowest BCUT2D eigenvalue weighted by Crippen LogP contribution is -2.40. The van der Waals surface area contributed by atoms with E-state index in [2.05, 4.69) is 72.3 Å². The third kappa shape index (κ3) is 6.96. The van der Waals surface area contributed by atoms with E-state index in [1.807, 2.05) is 7.05 Å². The first kappa shape index (κ1) is 20.7. The van der Waals surface area contributed by atoms with Crippen molar-refractivity contribution >= 4 is 5.96 Å². The highest BCUT2D eigenvalue weighted by Crippen LogP contribution is 2.28. The summed E-state index contributed by atoms with van der Waals surface area (Å²) in [5.74, 6) is 1.73. The fourth-order valence-electron chi connectivity index (χ4n) is 2.74. The second kappa shape index (κ2) is 10.5. The highest BCUT2D eigenvalue weighted by atomic mass is 16.5. The Balaban J connectivity index is 1.83. The fraction of sp³-hybridized carbons (Fsp3) is 0.667. The lowest BCUT2D eigenvalue weighted by atomic mass is 10.1. The summed E-state index contributed by atoms with van der Waals surface area (Å²) in [5, 5.41) is 3.49. The van der Waals surface area contributed by atoms with Crippen LogP contribution >= 0.6 is 0 Å². The molecule has 0 amide bonds. The van der Waals surface area contributed by atoms with Crippen LogP contribution in [0, 0.1) is 5.92 Å². The lowest BCUT2D eigenvalue weighted by molar-refractivity contribution is 0.115. The van der Waals surface area contributed by atoms with Gasteiger partial charge in [-0.05, 0) is 50.8 Å². The normalized spacial score (nSPS) is 15.0. The van der Waals surface area contributed by atoms with Gasteiger partial charge < -0.3 is 15.0 Å². The monoisotopic (exact) mass is 360 g/mol. The summed E-state index contributed by atoms with van der Waals surface area (Å²) in [4.78, 5) is 8.91. The average Bonchev–Trinajstić information content (AvgIpc) is 3.44. The molecule has 1 fully saturated rings. The third-order valence-corrected chi connectivity index (χ3v) is 5.05.